The summed E-state index contributed by atoms with van der Waals surface area (Å²) in [5.74, 6) is 0. The minimum absolute atomic E-state index is 1.17. The van der Waals surface area contributed by atoms with Crippen molar-refractivity contribution in [2.75, 3.05) is 0 Å². The van der Waals surface area contributed by atoms with E-state index in [1.54, 1.807) is 0 Å². The van der Waals surface area contributed by atoms with Crippen LogP contribution in [-0.4, -0.2) is 15.0 Å². The maximum atomic E-state index is 3.40. The van der Waals surface area contributed by atoms with Crippen molar-refractivity contribution >= 4 is 21.8 Å². The van der Waals surface area contributed by atoms with Gasteiger partial charge in [0.25, 0.3) is 0 Å². The summed E-state index contributed by atoms with van der Waals surface area (Å²) in [5, 5.41) is 2.52. The zero-order valence-electron chi connectivity index (χ0n) is 14.3. The van der Waals surface area contributed by atoms with E-state index < -0.39 is 0 Å². The quantitative estimate of drug-likeness (QED) is 0.360. The Hall–Kier alpha value is -3.20. The molecule has 0 aliphatic carbocycles. The maximum absolute atomic E-state index is 3.40. The third-order valence-electron chi connectivity index (χ3n) is 5.00. The van der Waals surface area contributed by atoms with Gasteiger partial charge in [-0.15, -0.1) is 0 Å². The van der Waals surface area contributed by atoms with Crippen LogP contribution < -0.4 is 0 Å². The van der Waals surface area contributed by atoms with Crippen molar-refractivity contribution in [2.45, 2.75) is 13.8 Å². The van der Waals surface area contributed by atoms with E-state index >= 15 is 0 Å². The third-order valence-corrected chi connectivity index (χ3v) is 5.00. The van der Waals surface area contributed by atoms with E-state index in [-0.39, 0.29) is 0 Å². The highest BCUT2D eigenvalue weighted by molar-refractivity contribution is 6.04. The van der Waals surface area contributed by atoms with Crippen molar-refractivity contribution in [3.05, 3.63) is 72.3 Å². The van der Waals surface area contributed by atoms with Crippen LogP contribution in [0.25, 0.3) is 44.1 Å². The summed E-state index contributed by atoms with van der Waals surface area (Å²) in [6.45, 7) is 4.27. The fourth-order valence-corrected chi connectivity index (χ4v) is 3.72. The zero-order chi connectivity index (χ0) is 17.0. The molecule has 5 aromatic rings. The highest BCUT2D eigenvalue weighted by atomic mass is 14.7. The lowest BCUT2D eigenvalue weighted by atomic mass is 9.97. The molecule has 0 bridgehead atoms. The van der Waals surface area contributed by atoms with Crippen molar-refractivity contribution in [1.82, 2.24) is 15.0 Å². The number of hydrogen-bond acceptors (Lipinski definition) is 0. The van der Waals surface area contributed by atoms with Crippen molar-refractivity contribution in [2.24, 2.45) is 0 Å². The number of rotatable bonds is 2. The van der Waals surface area contributed by atoms with E-state index in [4.69, 9.17) is 0 Å². The predicted octanol–water partition coefficient (Wildman–Crippen LogP) is 5.93. The molecule has 0 aliphatic heterocycles. The molecule has 0 atom stereocenters. The lowest BCUT2D eigenvalue weighted by Crippen LogP contribution is -1.79. The van der Waals surface area contributed by atoms with Crippen LogP contribution in [0.4, 0.5) is 0 Å². The van der Waals surface area contributed by atoms with E-state index in [1.165, 1.54) is 55.2 Å². The summed E-state index contributed by atoms with van der Waals surface area (Å²) in [6.07, 6.45) is 8.40. The molecule has 25 heavy (non-hydrogen) atoms. The van der Waals surface area contributed by atoms with E-state index in [1.807, 2.05) is 0 Å². The molecule has 0 radical (unpaired) electrons. The van der Waals surface area contributed by atoms with Crippen LogP contribution in [0.5, 0.6) is 0 Å². The molecule has 2 aromatic carbocycles. The van der Waals surface area contributed by atoms with Crippen LogP contribution in [0.15, 0.2) is 61.2 Å². The van der Waals surface area contributed by atoms with Crippen LogP contribution in [-0.2, 0) is 0 Å². The lowest BCUT2D eigenvalue weighted by molar-refractivity contribution is 1.41. The monoisotopic (exact) mass is 325 g/mol. The predicted molar refractivity (Wildman–Crippen MR) is 105 cm³/mol. The number of hydrogen-bond donors (Lipinski definition) is 3. The first-order valence-electron chi connectivity index (χ1n) is 8.54. The second-order valence-electron chi connectivity index (χ2n) is 6.79. The van der Waals surface area contributed by atoms with E-state index in [0.717, 1.165) is 0 Å². The van der Waals surface area contributed by atoms with Crippen LogP contribution >= 0.6 is 0 Å². The number of aromatic nitrogens is 3. The van der Waals surface area contributed by atoms with Gasteiger partial charge >= 0.3 is 0 Å². The molecule has 3 aromatic heterocycles. The summed E-state index contributed by atoms with van der Waals surface area (Å²) in [5.41, 5.74) is 9.79. The second-order valence-corrected chi connectivity index (χ2v) is 6.79. The van der Waals surface area contributed by atoms with Gasteiger partial charge in [0.1, 0.15) is 0 Å². The molecule has 0 saturated carbocycles. The summed E-state index contributed by atoms with van der Waals surface area (Å²) in [4.78, 5) is 10.1. The third kappa shape index (κ3) is 2.13. The molecule has 3 heteroatoms. The van der Waals surface area contributed by atoms with Gasteiger partial charge in [0, 0.05) is 68.8 Å². The minimum atomic E-state index is 1.17. The Morgan fingerprint density at radius 2 is 1.04 bits per heavy atom. The first-order chi connectivity index (χ1) is 12.2. The highest BCUT2D eigenvalue weighted by Gasteiger charge is 2.15. The first kappa shape index (κ1) is 14.2. The van der Waals surface area contributed by atoms with Gasteiger partial charge in [-0.2, -0.15) is 0 Å². The second kappa shape index (κ2) is 5.15. The molecule has 3 nitrogen and oxygen atoms in total. The van der Waals surface area contributed by atoms with Gasteiger partial charge in [-0.1, -0.05) is 23.3 Å². The van der Waals surface area contributed by atoms with Crippen LogP contribution in [0.1, 0.15) is 11.1 Å². The molecule has 0 aliphatic rings. The normalized spacial score (nSPS) is 11.6. The summed E-state index contributed by atoms with van der Waals surface area (Å²) >= 11 is 0. The van der Waals surface area contributed by atoms with Gasteiger partial charge in [-0.25, -0.2) is 0 Å². The van der Waals surface area contributed by atoms with Crippen molar-refractivity contribution < 1.29 is 0 Å². The number of nitrogens with one attached hydrogen (secondary N) is 3. The van der Waals surface area contributed by atoms with Crippen molar-refractivity contribution in [1.29, 1.82) is 0 Å². The van der Waals surface area contributed by atoms with E-state index in [0.29, 0.717) is 0 Å². The Morgan fingerprint density at radius 3 is 1.52 bits per heavy atom. The summed E-state index contributed by atoms with van der Waals surface area (Å²) in [7, 11) is 0. The highest BCUT2D eigenvalue weighted by Crippen LogP contribution is 2.39. The van der Waals surface area contributed by atoms with Gasteiger partial charge < -0.3 is 15.0 Å². The van der Waals surface area contributed by atoms with Crippen molar-refractivity contribution in [3.63, 3.8) is 0 Å². The molecule has 0 amide bonds. The van der Waals surface area contributed by atoms with Gasteiger partial charge in [-0.3, -0.25) is 0 Å². The zero-order valence-corrected chi connectivity index (χ0v) is 14.3. The first-order valence-corrected chi connectivity index (χ1v) is 8.54. The van der Waals surface area contributed by atoms with Crippen LogP contribution in [0.2, 0.25) is 0 Å². The van der Waals surface area contributed by atoms with Crippen LogP contribution in [0.3, 0.4) is 0 Å². The number of benzene rings is 2. The van der Waals surface area contributed by atoms with Gasteiger partial charge in [0.05, 0.1) is 0 Å². The molecular formula is C22H19N3. The standard InChI is InChI=1S/C22H19N3/c1-13-3-5-21-15(7-13)19(11-24-21)17-9-23-10-18(17)20-12-25-22-6-4-14(2)8-16(20)22/h3-12,23-25H,1-2H3. The Morgan fingerprint density at radius 1 is 0.560 bits per heavy atom. The van der Waals surface area contributed by atoms with E-state index in [2.05, 4.69) is 90.0 Å². The average Bonchev–Trinajstić information content (AvgIpc) is 3.30. The smallest absolute Gasteiger partial charge is 0.0460 e. The van der Waals surface area contributed by atoms with Crippen LogP contribution in [0, 0.1) is 13.8 Å². The number of aryl methyl sites for hydroxylation is 2. The molecule has 0 unspecified atom stereocenters. The molecule has 122 valence electrons. The fraction of sp³-hybridized carbons (Fsp3) is 0.0909. The largest absolute Gasteiger partial charge is 0.366 e. The topological polar surface area (TPSA) is 47.4 Å². The number of fused-ring (bicyclic) bond motifs is 2. The van der Waals surface area contributed by atoms with Gasteiger partial charge in [0.15, 0.2) is 0 Å². The fourth-order valence-electron chi connectivity index (χ4n) is 3.72. The number of aromatic amines is 3. The SMILES string of the molecule is Cc1ccc2[nH]cc(-c3c[nH]cc3-c3c[nH]c4ccc(C)cc34)c2c1. The van der Waals surface area contributed by atoms with E-state index in [9.17, 15) is 0 Å². The number of H-pyrrole nitrogens is 3. The molecular weight excluding hydrogens is 306 g/mol. The summed E-state index contributed by atoms with van der Waals surface area (Å²) in [6, 6.07) is 13.1. The molecule has 5 rings (SSSR count). The molecule has 0 fully saturated rings. The van der Waals surface area contributed by atoms with Crippen molar-refractivity contribution in [3.8, 4) is 22.3 Å². The van der Waals surface area contributed by atoms with Gasteiger partial charge in [-0.05, 0) is 38.1 Å². The average molecular weight is 325 g/mol. The molecule has 3 N–H and O–H groups in total. The molecule has 3 heterocycles. The lowest BCUT2D eigenvalue weighted by Gasteiger charge is -2.04. The molecule has 0 spiro atoms. The van der Waals surface area contributed by atoms with Gasteiger partial charge in [0.2, 0.25) is 0 Å². The maximum Gasteiger partial charge on any atom is 0.0460 e. The Labute approximate surface area is 145 Å². The minimum Gasteiger partial charge on any atom is -0.366 e. The Bertz CT molecular complexity index is 1120. The summed E-state index contributed by atoms with van der Waals surface area (Å²) < 4.78 is 0. The Kier molecular flexibility index (Phi) is 2.92. The molecule has 0 saturated heterocycles. The Balaban J connectivity index is 1.76.